The van der Waals surface area contributed by atoms with Gasteiger partial charge in [0.1, 0.15) is 5.15 Å². The number of fused-ring (bicyclic) bond motifs is 2. The maximum Gasteiger partial charge on any atom is 0.153 e. The molecule has 0 aliphatic carbocycles. The van der Waals surface area contributed by atoms with E-state index in [-0.39, 0.29) is 0 Å². The van der Waals surface area contributed by atoms with E-state index in [1.54, 1.807) is 12.3 Å². The molecule has 0 aliphatic heterocycles. The fraction of sp³-hybridized carbons (Fsp3) is 0.0385. The number of rotatable bonds is 4. The van der Waals surface area contributed by atoms with Gasteiger partial charge in [-0.05, 0) is 60.2 Å². The summed E-state index contributed by atoms with van der Waals surface area (Å²) in [4.78, 5) is 17.6. The average molecular weight is 449 g/mol. The molecule has 6 rings (SSSR count). The van der Waals surface area contributed by atoms with E-state index in [0.29, 0.717) is 5.15 Å². The summed E-state index contributed by atoms with van der Waals surface area (Å²) >= 11 is 5.88. The van der Waals surface area contributed by atoms with Crippen molar-refractivity contribution in [1.82, 2.24) is 29.5 Å². The molecule has 6 aromatic rings. The van der Waals surface area contributed by atoms with Crippen LogP contribution in [0.25, 0.3) is 39.1 Å². The standard InChI is InChI=1S/C26H17ClN6/c27-25-9-5-19(15-30-25)23-7-4-20(14-29-23)24-8-10-26-31-16-21(33(26)32-24)13-17-3-6-22-18(12-17)2-1-11-28-22/h1-12,14-16H,13H2. The molecule has 0 amide bonds. The lowest BCUT2D eigenvalue weighted by Crippen LogP contribution is -2.00. The van der Waals surface area contributed by atoms with Crippen molar-refractivity contribution in [1.29, 1.82) is 0 Å². The number of halogens is 1. The van der Waals surface area contributed by atoms with Crippen LogP contribution in [-0.4, -0.2) is 29.5 Å². The molecule has 1 aromatic carbocycles. The highest BCUT2D eigenvalue weighted by atomic mass is 35.5. The third-order valence-corrected chi connectivity index (χ3v) is 5.79. The number of aromatic nitrogens is 6. The van der Waals surface area contributed by atoms with E-state index in [0.717, 1.165) is 51.2 Å². The lowest BCUT2D eigenvalue weighted by atomic mass is 10.1. The number of hydrogen-bond donors (Lipinski definition) is 0. The molecule has 0 spiro atoms. The molecule has 5 aromatic heterocycles. The number of hydrogen-bond acceptors (Lipinski definition) is 5. The molecule has 0 saturated heterocycles. The zero-order chi connectivity index (χ0) is 22.2. The lowest BCUT2D eigenvalue weighted by molar-refractivity contribution is 0.876. The summed E-state index contributed by atoms with van der Waals surface area (Å²) in [5, 5.41) is 6.44. The first kappa shape index (κ1) is 19.5. The minimum atomic E-state index is 0.462. The van der Waals surface area contributed by atoms with Gasteiger partial charge in [0.2, 0.25) is 0 Å². The molecule has 0 fully saturated rings. The Morgan fingerprint density at radius 1 is 0.727 bits per heavy atom. The van der Waals surface area contributed by atoms with Crippen molar-refractivity contribution in [3.05, 3.63) is 108 Å². The Morgan fingerprint density at radius 3 is 2.42 bits per heavy atom. The molecule has 158 valence electrons. The summed E-state index contributed by atoms with van der Waals surface area (Å²) in [7, 11) is 0. The number of nitrogens with zero attached hydrogens (tertiary/aromatic N) is 6. The highest BCUT2D eigenvalue weighted by Crippen LogP contribution is 2.23. The third-order valence-electron chi connectivity index (χ3n) is 5.57. The van der Waals surface area contributed by atoms with E-state index < -0.39 is 0 Å². The molecule has 7 heteroatoms. The summed E-state index contributed by atoms with van der Waals surface area (Å²) in [5.41, 5.74) is 7.52. The highest BCUT2D eigenvalue weighted by molar-refractivity contribution is 6.29. The van der Waals surface area contributed by atoms with Crippen molar-refractivity contribution in [3.8, 4) is 22.5 Å². The largest absolute Gasteiger partial charge is 0.256 e. The zero-order valence-electron chi connectivity index (χ0n) is 17.4. The Bertz CT molecular complexity index is 1590. The van der Waals surface area contributed by atoms with E-state index in [1.165, 1.54) is 5.56 Å². The lowest BCUT2D eigenvalue weighted by Gasteiger charge is -2.06. The van der Waals surface area contributed by atoms with Gasteiger partial charge in [-0.15, -0.1) is 0 Å². The van der Waals surface area contributed by atoms with E-state index >= 15 is 0 Å². The van der Waals surface area contributed by atoms with Crippen LogP contribution in [0.2, 0.25) is 5.15 Å². The molecular weight excluding hydrogens is 432 g/mol. The van der Waals surface area contributed by atoms with Crippen LogP contribution < -0.4 is 0 Å². The normalized spacial score (nSPS) is 11.3. The van der Waals surface area contributed by atoms with Crippen LogP contribution in [0.5, 0.6) is 0 Å². The fourth-order valence-corrected chi connectivity index (χ4v) is 3.99. The Balaban J connectivity index is 1.31. The minimum Gasteiger partial charge on any atom is -0.256 e. The maximum absolute atomic E-state index is 5.88. The van der Waals surface area contributed by atoms with Crippen LogP contribution in [0.1, 0.15) is 11.3 Å². The molecule has 0 bridgehead atoms. The molecule has 0 unspecified atom stereocenters. The van der Waals surface area contributed by atoms with Gasteiger partial charge in [0, 0.05) is 41.5 Å². The van der Waals surface area contributed by atoms with Crippen molar-refractivity contribution in [2.24, 2.45) is 0 Å². The topological polar surface area (TPSA) is 68.9 Å². The Morgan fingerprint density at radius 2 is 1.58 bits per heavy atom. The van der Waals surface area contributed by atoms with Gasteiger partial charge in [0.05, 0.1) is 28.8 Å². The second-order valence-corrected chi connectivity index (χ2v) is 8.13. The first-order chi connectivity index (χ1) is 16.2. The predicted molar refractivity (Wildman–Crippen MR) is 129 cm³/mol. The molecule has 0 radical (unpaired) electrons. The summed E-state index contributed by atoms with van der Waals surface area (Å²) < 4.78 is 1.90. The van der Waals surface area contributed by atoms with Crippen molar-refractivity contribution in [3.63, 3.8) is 0 Å². The Hall–Kier alpha value is -4.16. The van der Waals surface area contributed by atoms with Gasteiger partial charge >= 0.3 is 0 Å². The van der Waals surface area contributed by atoms with Crippen molar-refractivity contribution < 1.29 is 0 Å². The third kappa shape index (κ3) is 3.81. The Labute approximate surface area is 194 Å². The Kier molecular flexibility index (Phi) is 4.78. The second kappa shape index (κ2) is 8.07. The minimum absolute atomic E-state index is 0.462. The quantitative estimate of drug-likeness (QED) is 0.326. The molecule has 0 saturated carbocycles. The van der Waals surface area contributed by atoms with Gasteiger partial charge in [-0.3, -0.25) is 9.97 Å². The van der Waals surface area contributed by atoms with Crippen LogP contribution >= 0.6 is 11.6 Å². The van der Waals surface area contributed by atoms with Crippen LogP contribution in [0.15, 0.2) is 91.5 Å². The van der Waals surface area contributed by atoms with Gasteiger partial charge in [-0.1, -0.05) is 23.7 Å². The molecule has 0 aliphatic rings. The molecule has 5 heterocycles. The van der Waals surface area contributed by atoms with Gasteiger partial charge in [0.15, 0.2) is 5.65 Å². The highest BCUT2D eigenvalue weighted by Gasteiger charge is 2.10. The van der Waals surface area contributed by atoms with Crippen LogP contribution in [-0.2, 0) is 6.42 Å². The van der Waals surface area contributed by atoms with Crippen molar-refractivity contribution in [2.75, 3.05) is 0 Å². The molecule has 0 atom stereocenters. The number of pyridine rings is 3. The van der Waals surface area contributed by atoms with Crippen LogP contribution in [0.4, 0.5) is 0 Å². The van der Waals surface area contributed by atoms with Crippen LogP contribution in [0.3, 0.4) is 0 Å². The molecule has 33 heavy (non-hydrogen) atoms. The summed E-state index contributed by atoms with van der Waals surface area (Å²) in [6.07, 6.45) is 7.96. The van der Waals surface area contributed by atoms with Crippen molar-refractivity contribution >= 4 is 28.2 Å². The summed E-state index contributed by atoms with van der Waals surface area (Å²) in [6.45, 7) is 0. The van der Waals surface area contributed by atoms with Gasteiger partial charge < -0.3 is 0 Å². The molecular formula is C26H17ClN6. The molecule has 6 nitrogen and oxygen atoms in total. The SMILES string of the molecule is Clc1ccc(-c2ccc(-c3ccc4ncc(Cc5ccc6ncccc6c5)n4n3)cn2)cn1. The van der Waals surface area contributed by atoms with Gasteiger partial charge in [0.25, 0.3) is 0 Å². The van der Waals surface area contributed by atoms with Gasteiger partial charge in [-0.2, -0.15) is 5.10 Å². The zero-order valence-corrected chi connectivity index (χ0v) is 18.2. The number of benzene rings is 1. The molecule has 0 N–H and O–H groups in total. The first-order valence-corrected chi connectivity index (χ1v) is 10.9. The summed E-state index contributed by atoms with van der Waals surface area (Å²) in [6, 6.07) is 21.9. The van der Waals surface area contributed by atoms with E-state index in [1.807, 2.05) is 59.5 Å². The number of imidazole rings is 1. The fourth-order valence-electron chi connectivity index (χ4n) is 3.88. The average Bonchev–Trinajstić information content (AvgIpc) is 3.26. The van der Waals surface area contributed by atoms with Crippen molar-refractivity contribution in [2.45, 2.75) is 6.42 Å². The first-order valence-electron chi connectivity index (χ1n) is 10.5. The van der Waals surface area contributed by atoms with Gasteiger partial charge in [-0.25, -0.2) is 14.5 Å². The second-order valence-electron chi connectivity index (χ2n) is 7.75. The van der Waals surface area contributed by atoms with Crippen LogP contribution in [0, 0.1) is 0 Å². The predicted octanol–water partition coefficient (Wildman–Crippen LogP) is 5.65. The van der Waals surface area contributed by atoms with E-state index in [4.69, 9.17) is 16.7 Å². The van der Waals surface area contributed by atoms with E-state index in [9.17, 15) is 0 Å². The smallest absolute Gasteiger partial charge is 0.153 e. The maximum atomic E-state index is 5.88. The summed E-state index contributed by atoms with van der Waals surface area (Å²) in [5.74, 6) is 0. The van der Waals surface area contributed by atoms with E-state index in [2.05, 4.69) is 44.2 Å². The monoisotopic (exact) mass is 448 g/mol.